The van der Waals surface area contributed by atoms with E-state index in [-0.39, 0.29) is 17.2 Å². The minimum atomic E-state index is -0.202. The number of aromatic hydroxyl groups is 1. The van der Waals surface area contributed by atoms with E-state index in [4.69, 9.17) is 10.8 Å². The zero-order valence-corrected chi connectivity index (χ0v) is 9.07. The van der Waals surface area contributed by atoms with Crippen LogP contribution < -0.4 is 11.1 Å². The second-order valence-corrected chi connectivity index (χ2v) is 4.45. The molecule has 0 atom stereocenters. The standard InChI is InChI=1S/C12H16N2O2/c13-12(6-1-7-12)8-14-11(16)9-2-4-10(15)5-3-9/h2-5,15H,1,6-8,13H2,(H,14,16). The SMILES string of the molecule is NC1(CNC(=O)c2ccc(O)cc2)CCC1. The van der Waals surface area contributed by atoms with E-state index in [1.165, 1.54) is 12.1 Å². The van der Waals surface area contributed by atoms with Crippen LogP contribution in [0.2, 0.25) is 0 Å². The number of carbonyl (C=O) groups excluding carboxylic acids is 1. The Kier molecular flexibility index (Phi) is 2.83. The summed E-state index contributed by atoms with van der Waals surface area (Å²) in [6.45, 7) is 0.521. The summed E-state index contributed by atoms with van der Waals surface area (Å²) in [5.41, 5.74) is 6.34. The fourth-order valence-corrected chi connectivity index (χ4v) is 1.78. The molecular weight excluding hydrogens is 204 g/mol. The van der Waals surface area contributed by atoms with Crippen molar-refractivity contribution in [2.75, 3.05) is 6.54 Å². The Morgan fingerprint density at radius 3 is 2.50 bits per heavy atom. The Labute approximate surface area is 94.5 Å². The number of hydrogen-bond acceptors (Lipinski definition) is 3. The molecule has 0 bridgehead atoms. The minimum absolute atomic E-state index is 0.142. The van der Waals surface area contributed by atoms with Crippen molar-refractivity contribution < 1.29 is 9.90 Å². The van der Waals surface area contributed by atoms with Gasteiger partial charge in [-0.05, 0) is 43.5 Å². The highest BCUT2D eigenvalue weighted by Gasteiger charge is 2.32. The Bertz CT molecular complexity index is 383. The van der Waals surface area contributed by atoms with Crippen molar-refractivity contribution in [3.63, 3.8) is 0 Å². The quantitative estimate of drug-likeness (QED) is 0.711. The van der Waals surface area contributed by atoms with E-state index in [1.54, 1.807) is 12.1 Å². The number of phenols is 1. The third-order valence-electron chi connectivity index (χ3n) is 3.08. The molecule has 2 rings (SSSR count). The molecule has 0 heterocycles. The Hall–Kier alpha value is -1.55. The van der Waals surface area contributed by atoms with Crippen LogP contribution in [0.15, 0.2) is 24.3 Å². The molecule has 0 saturated heterocycles. The lowest BCUT2D eigenvalue weighted by molar-refractivity contribution is 0.0930. The van der Waals surface area contributed by atoms with E-state index < -0.39 is 0 Å². The van der Waals surface area contributed by atoms with Crippen LogP contribution in [0.3, 0.4) is 0 Å². The van der Waals surface area contributed by atoms with Gasteiger partial charge in [-0.15, -0.1) is 0 Å². The van der Waals surface area contributed by atoms with Gasteiger partial charge in [-0.1, -0.05) is 0 Å². The predicted octanol–water partition coefficient (Wildman–Crippen LogP) is 1.00. The number of hydrogen-bond donors (Lipinski definition) is 3. The molecule has 1 aromatic rings. The summed E-state index contributed by atoms with van der Waals surface area (Å²) in [5, 5.41) is 11.9. The maximum Gasteiger partial charge on any atom is 0.251 e. The van der Waals surface area contributed by atoms with Gasteiger partial charge in [0.1, 0.15) is 5.75 Å². The Morgan fingerprint density at radius 1 is 1.38 bits per heavy atom. The van der Waals surface area contributed by atoms with Crippen molar-refractivity contribution in [1.29, 1.82) is 0 Å². The van der Waals surface area contributed by atoms with Crippen molar-refractivity contribution >= 4 is 5.91 Å². The number of phenolic OH excluding ortho intramolecular Hbond substituents is 1. The van der Waals surface area contributed by atoms with Gasteiger partial charge < -0.3 is 16.2 Å². The summed E-state index contributed by atoms with van der Waals surface area (Å²) in [6, 6.07) is 6.18. The molecule has 1 saturated carbocycles. The second kappa shape index (κ2) is 4.14. The number of nitrogens with one attached hydrogen (secondary N) is 1. The van der Waals surface area contributed by atoms with Crippen LogP contribution >= 0.6 is 0 Å². The zero-order chi connectivity index (χ0) is 11.6. The first-order chi connectivity index (χ1) is 7.59. The molecule has 0 aromatic heterocycles. The Balaban J connectivity index is 1.90. The highest BCUT2D eigenvalue weighted by Crippen LogP contribution is 2.28. The number of nitrogens with two attached hydrogens (primary N) is 1. The van der Waals surface area contributed by atoms with Crippen molar-refractivity contribution in [3.05, 3.63) is 29.8 Å². The third kappa shape index (κ3) is 2.33. The number of amides is 1. The van der Waals surface area contributed by atoms with Gasteiger partial charge in [0.2, 0.25) is 0 Å². The molecule has 4 nitrogen and oxygen atoms in total. The van der Waals surface area contributed by atoms with E-state index in [0.717, 1.165) is 19.3 Å². The highest BCUT2D eigenvalue weighted by atomic mass is 16.3. The molecule has 1 aliphatic rings. The van der Waals surface area contributed by atoms with Gasteiger partial charge in [0.15, 0.2) is 0 Å². The molecule has 4 N–H and O–H groups in total. The van der Waals surface area contributed by atoms with Crippen molar-refractivity contribution in [2.45, 2.75) is 24.8 Å². The smallest absolute Gasteiger partial charge is 0.251 e. The maximum atomic E-state index is 11.7. The summed E-state index contributed by atoms with van der Waals surface area (Å²) in [4.78, 5) is 11.7. The average Bonchev–Trinajstić information content (AvgIpc) is 2.24. The molecular formula is C12H16N2O2. The minimum Gasteiger partial charge on any atom is -0.508 e. The summed E-state index contributed by atoms with van der Waals surface area (Å²) >= 11 is 0. The number of carbonyl (C=O) groups is 1. The molecule has 1 aliphatic carbocycles. The molecule has 1 aromatic carbocycles. The summed E-state index contributed by atoms with van der Waals surface area (Å²) in [6.07, 6.45) is 3.09. The molecule has 0 radical (unpaired) electrons. The first-order valence-electron chi connectivity index (χ1n) is 5.45. The molecule has 86 valence electrons. The molecule has 1 fully saturated rings. The molecule has 0 spiro atoms. The zero-order valence-electron chi connectivity index (χ0n) is 9.07. The van der Waals surface area contributed by atoms with E-state index in [2.05, 4.69) is 5.32 Å². The van der Waals surface area contributed by atoms with Crippen LogP contribution in [0.1, 0.15) is 29.6 Å². The number of rotatable bonds is 3. The third-order valence-corrected chi connectivity index (χ3v) is 3.08. The first-order valence-corrected chi connectivity index (χ1v) is 5.45. The number of benzene rings is 1. The van der Waals surface area contributed by atoms with Crippen molar-refractivity contribution in [2.24, 2.45) is 5.73 Å². The fraction of sp³-hybridized carbons (Fsp3) is 0.417. The molecule has 4 heteroatoms. The summed E-state index contributed by atoms with van der Waals surface area (Å²) in [7, 11) is 0. The van der Waals surface area contributed by atoms with Gasteiger partial charge in [-0.3, -0.25) is 4.79 Å². The van der Waals surface area contributed by atoms with E-state index >= 15 is 0 Å². The van der Waals surface area contributed by atoms with Gasteiger partial charge in [0.25, 0.3) is 5.91 Å². The Morgan fingerprint density at radius 2 is 2.00 bits per heavy atom. The van der Waals surface area contributed by atoms with Gasteiger partial charge in [0.05, 0.1) is 0 Å². The van der Waals surface area contributed by atoms with Crippen LogP contribution in [0.4, 0.5) is 0 Å². The van der Waals surface area contributed by atoms with Crippen LogP contribution in [0, 0.1) is 0 Å². The largest absolute Gasteiger partial charge is 0.508 e. The monoisotopic (exact) mass is 220 g/mol. The van der Waals surface area contributed by atoms with Crippen LogP contribution in [-0.4, -0.2) is 23.1 Å². The van der Waals surface area contributed by atoms with Gasteiger partial charge in [-0.2, -0.15) is 0 Å². The van der Waals surface area contributed by atoms with E-state index in [1.807, 2.05) is 0 Å². The summed E-state index contributed by atoms with van der Waals surface area (Å²) < 4.78 is 0. The van der Waals surface area contributed by atoms with Crippen molar-refractivity contribution in [1.82, 2.24) is 5.32 Å². The normalized spacial score (nSPS) is 17.6. The first kappa shape index (κ1) is 11.0. The lowest BCUT2D eigenvalue weighted by atomic mass is 9.78. The van der Waals surface area contributed by atoms with Gasteiger partial charge in [0, 0.05) is 17.6 Å². The fourth-order valence-electron chi connectivity index (χ4n) is 1.78. The molecule has 0 aliphatic heterocycles. The van der Waals surface area contributed by atoms with Gasteiger partial charge >= 0.3 is 0 Å². The van der Waals surface area contributed by atoms with Crippen LogP contribution in [0.5, 0.6) is 5.75 Å². The lowest BCUT2D eigenvalue weighted by Gasteiger charge is -2.38. The lowest BCUT2D eigenvalue weighted by Crippen LogP contribution is -2.54. The van der Waals surface area contributed by atoms with Crippen LogP contribution in [-0.2, 0) is 0 Å². The molecule has 0 unspecified atom stereocenters. The average molecular weight is 220 g/mol. The second-order valence-electron chi connectivity index (χ2n) is 4.45. The van der Waals surface area contributed by atoms with Gasteiger partial charge in [-0.25, -0.2) is 0 Å². The van der Waals surface area contributed by atoms with E-state index in [9.17, 15) is 4.79 Å². The predicted molar refractivity (Wildman–Crippen MR) is 61.2 cm³/mol. The highest BCUT2D eigenvalue weighted by molar-refractivity contribution is 5.94. The maximum absolute atomic E-state index is 11.7. The van der Waals surface area contributed by atoms with Crippen molar-refractivity contribution in [3.8, 4) is 5.75 Å². The van der Waals surface area contributed by atoms with E-state index in [0.29, 0.717) is 12.1 Å². The summed E-state index contributed by atoms with van der Waals surface area (Å²) in [5.74, 6) is 0.0163. The van der Waals surface area contributed by atoms with Crippen LogP contribution in [0.25, 0.3) is 0 Å². The topological polar surface area (TPSA) is 75.3 Å². The molecule has 16 heavy (non-hydrogen) atoms. The molecule has 1 amide bonds.